The molecule has 1 aromatic heterocycles. The van der Waals surface area contributed by atoms with Crippen LogP contribution >= 0.6 is 23.2 Å². The highest BCUT2D eigenvalue weighted by Crippen LogP contribution is 2.37. The molecule has 1 unspecified atom stereocenters. The molecular weight excluding hydrogens is 659 g/mol. The largest absolute Gasteiger partial charge is 0.487 e. The quantitative estimate of drug-likeness (QED) is 0.213. The molecule has 256 valence electrons. The van der Waals surface area contributed by atoms with E-state index in [4.69, 9.17) is 39.4 Å². The Morgan fingerprint density at radius 2 is 1.79 bits per heavy atom. The van der Waals surface area contributed by atoms with Crippen LogP contribution in [0.15, 0.2) is 41.3 Å². The van der Waals surface area contributed by atoms with Crippen molar-refractivity contribution < 1.29 is 17.9 Å². The third kappa shape index (κ3) is 7.88. The summed E-state index contributed by atoms with van der Waals surface area (Å²) in [6.45, 7) is 7.49. The molecule has 10 nitrogen and oxygen atoms in total. The number of sulfonamides is 1. The van der Waals surface area contributed by atoms with Crippen LogP contribution in [0.25, 0.3) is 10.9 Å². The van der Waals surface area contributed by atoms with E-state index in [1.165, 1.54) is 12.1 Å². The summed E-state index contributed by atoms with van der Waals surface area (Å²) in [6, 6.07) is 10.8. The summed E-state index contributed by atoms with van der Waals surface area (Å²) in [7, 11) is -4.22. The fourth-order valence-electron chi connectivity index (χ4n) is 6.95. The molecule has 2 aromatic carbocycles. The van der Waals surface area contributed by atoms with Crippen LogP contribution in [0.5, 0.6) is 5.75 Å². The number of hydrogen-bond donors (Lipinski definition) is 3. The maximum atomic E-state index is 14.1. The van der Waals surface area contributed by atoms with Gasteiger partial charge in [-0.1, -0.05) is 54.6 Å². The number of carbonyl (C=O) groups is 1. The lowest BCUT2D eigenvalue weighted by Crippen LogP contribution is -2.62. The first-order valence-corrected chi connectivity index (χ1v) is 18.7. The zero-order chi connectivity index (χ0) is 33.8. The number of pyridine rings is 1. The highest BCUT2D eigenvalue weighted by Gasteiger charge is 2.47. The van der Waals surface area contributed by atoms with Gasteiger partial charge >= 0.3 is 0 Å². The zero-order valence-corrected chi connectivity index (χ0v) is 29.6. The normalized spacial score (nSPS) is 17.7. The number of piperazine rings is 1. The number of nitrogens with two attached hydrogens (primary N) is 2. The summed E-state index contributed by atoms with van der Waals surface area (Å²) in [4.78, 5) is 22.7. The lowest BCUT2D eigenvalue weighted by molar-refractivity contribution is -0.139. The maximum Gasteiger partial charge on any atom is 0.243 e. The van der Waals surface area contributed by atoms with Gasteiger partial charge in [0, 0.05) is 60.4 Å². The van der Waals surface area contributed by atoms with Crippen LogP contribution in [0.4, 0.5) is 0 Å². The second kappa shape index (κ2) is 15.4. The summed E-state index contributed by atoms with van der Waals surface area (Å²) in [5, 5.41) is 1.19. The van der Waals surface area contributed by atoms with Crippen LogP contribution in [0, 0.1) is 13.8 Å². The Bertz CT molecular complexity index is 1690. The standard InChI is InChI=1S/C34H46Cl2N6O4S/c1-23-20-24(2)39-32-26(23)9-7-10-29(32)46-22-27-28(35)11-12-30(31(27)36)47(44,45)40-34(13-4-5-14-34)33(43)42-18-16-41(17-19-42)25(21-38)8-3-6-15-37/h7,9-12,20,25,40H,3-6,8,13-19,21-22,37-38H2,1-2H3. The Morgan fingerprint density at radius 3 is 2.47 bits per heavy atom. The highest BCUT2D eigenvalue weighted by atomic mass is 35.5. The van der Waals surface area contributed by atoms with Crippen molar-refractivity contribution in [3.05, 3.63) is 63.3 Å². The van der Waals surface area contributed by atoms with E-state index in [0.29, 0.717) is 68.9 Å². The monoisotopic (exact) mass is 704 g/mol. The Morgan fingerprint density at radius 1 is 1.06 bits per heavy atom. The van der Waals surface area contributed by atoms with Crippen molar-refractivity contribution in [1.29, 1.82) is 0 Å². The first-order valence-electron chi connectivity index (χ1n) is 16.4. The van der Waals surface area contributed by atoms with Gasteiger partial charge in [0.2, 0.25) is 15.9 Å². The number of aryl methyl sites for hydroxylation is 2. The van der Waals surface area contributed by atoms with Crippen LogP contribution in [-0.2, 0) is 21.4 Å². The van der Waals surface area contributed by atoms with Crippen LogP contribution in [-0.4, -0.2) is 80.0 Å². The molecule has 13 heteroatoms. The number of nitrogens with one attached hydrogen (secondary N) is 1. The first-order chi connectivity index (χ1) is 22.5. The molecule has 2 fully saturated rings. The number of ether oxygens (including phenoxy) is 1. The van der Waals surface area contributed by atoms with E-state index in [1.54, 1.807) is 4.90 Å². The molecule has 1 atom stereocenters. The molecule has 1 saturated carbocycles. The Labute approximate surface area is 288 Å². The SMILES string of the molecule is Cc1cc(C)c2cccc(OCc3c(Cl)ccc(S(=O)(=O)NC4(C(=O)N5CCN(C(CN)CCCCN)CC5)CCCC4)c3Cl)c2n1. The van der Waals surface area contributed by atoms with E-state index in [9.17, 15) is 13.2 Å². The third-order valence-corrected chi connectivity index (χ3v) is 12.0. The zero-order valence-electron chi connectivity index (χ0n) is 27.2. The number of benzene rings is 2. The van der Waals surface area contributed by atoms with Gasteiger partial charge in [-0.3, -0.25) is 9.69 Å². The predicted octanol–water partition coefficient (Wildman–Crippen LogP) is 4.93. The summed E-state index contributed by atoms with van der Waals surface area (Å²) in [5.74, 6) is 0.352. The maximum absolute atomic E-state index is 14.1. The van der Waals surface area contributed by atoms with Crippen molar-refractivity contribution in [2.75, 3.05) is 39.3 Å². The molecule has 2 heterocycles. The number of carbonyl (C=O) groups excluding carboxylic acids is 1. The van der Waals surface area contributed by atoms with Crippen molar-refractivity contribution in [2.24, 2.45) is 11.5 Å². The van der Waals surface area contributed by atoms with E-state index in [2.05, 4.69) is 14.6 Å². The lowest BCUT2D eigenvalue weighted by atomic mass is 9.96. The molecule has 1 amide bonds. The van der Waals surface area contributed by atoms with Gasteiger partial charge in [0.1, 0.15) is 28.3 Å². The van der Waals surface area contributed by atoms with E-state index >= 15 is 0 Å². The van der Waals surface area contributed by atoms with Gasteiger partial charge in [-0.25, -0.2) is 13.4 Å². The first kappa shape index (κ1) is 35.8. The van der Waals surface area contributed by atoms with Crippen molar-refractivity contribution in [1.82, 2.24) is 19.5 Å². The topological polar surface area (TPSA) is 144 Å². The number of hydrogen-bond acceptors (Lipinski definition) is 8. The number of para-hydroxylation sites is 1. The molecule has 1 aliphatic carbocycles. The van der Waals surface area contributed by atoms with Crippen molar-refractivity contribution >= 4 is 50.0 Å². The van der Waals surface area contributed by atoms with Crippen LogP contribution in [0.1, 0.15) is 61.8 Å². The van der Waals surface area contributed by atoms with Crippen LogP contribution < -0.4 is 20.9 Å². The second-order valence-corrected chi connectivity index (χ2v) is 15.2. The Balaban J connectivity index is 1.32. The minimum atomic E-state index is -4.22. The molecule has 47 heavy (non-hydrogen) atoms. The number of halogens is 2. The lowest BCUT2D eigenvalue weighted by Gasteiger charge is -2.42. The van der Waals surface area contributed by atoms with E-state index in [0.717, 1.165) is 48.7 Å². The summed E-state index contributed by atoms with van der Waals surface area (Å²) in [6.07, 6.45) is 5.28. The molecule has 0 bridgehead atoms. The number of amides is 1. The van der Waals surface area contributed by atoms with Gasteiger partial charge in [0.15, 0.2) is 0 Å². The number of nitrogens with zero attached hydrogens (tertiary/aromatic N) is 3. The van der Waals surface area contributed by atoms with Gasteiger partial charge in [-0.15, -0.1) is 0 Å². The van der Waals surface area contributed by atoms with Gasteiger partial charge in [0.05, 0.1) is 5.02 Å². The van der Waals surface area contributed by atoms with Gasteiger partial charge in [-0.2, -0.15) is 4.72 Å². The van der Waals surface area contributed by atoms with Gasteiger partial charge < -0.3 is 21.1 Å². The molecule has 0 radical (unpaired) electrons. The minimum Gasteiger partial charge on any atom is -0.487 e. The van der Waals surface area contributed by atoms with E-state index in [1.807, 2.05) is 38.1 Å². The number of unbranched alkanes of at least 4 members (excludes halogenated alkanes) is 1. The summed E-state index contributed by atoms with van der Waals surface area (Å²) < 4.78 is 37.0. The summed E-state index contributed by atoms with van der Waals surface area (Å²) in [5.41, 5.74) is 13.5. The average Bonchev–Trinajstić information content (AvgIpc) is 3.51. The average molecular weight is 706 g/mol. The number of aromatic nitrogens is 1. The van der Waals surface area contributed by atoms with E-state index in [-0.39, 0.29) is 33.5 Å². The number of rotatable bonds is 13. The highest BCUT2D eigenvalue weighted by molar-refractivity contribution is 7.89. The van der Waals surface area contributed by atoms with Crippen LogP contribution in [0.3, 0.4) is 0 Å². The fourth-order valence-corrected chi connectivity index (χ4v) is 9.26. The predicted molar refractivity (Wildman–Crippen MR) is 187 cm³/mol. The molecule has 1 aliphatic heterocycles. The van der Waals surface area contributed by atoms with E-state index < -0.39 is 15.6 Å². The molecular formula is C34H46Cl2N6O4S. The molecule has 0 spiro atoms. The smallest absolute Gasteiger partial charge is 0.243 e. The van der Waals surface area contributed by atoms with Crippen LogP contribution in [0.2, 0.25) is 10.0 Å². The minimum absolute atomic E-state index is 0.0396. The van der Waals surface area contributed by atoms with Gasteiger partial charge in [0.25, 0.3) is 0 Å². The van der Waals surface area contributed by atoms with Gasteiger partial charge in [-0.05, 0) is 75.9 Å². The fraction of sp³-hybridized carbons (Fsp3) is 0.529. The number of fused-ring (bicyclic) bond motifs is 1. The van der Waals surface area contributed by atoms with Crippen molar-refractivity contribution in [3.8, 4) is 5.75 Å². The molecule has 2 aliphatic rings. The second-order valence-electron chi connectivity index (χ2n) is 12.8. The third-order valence-electron chi connectivity index (χ3n) is 9.53. The Hall–Kier alpha value is -2.51. The van der Waals surface area contributed by atoms with Crippen molar-refractivity contribution in [3.63, 3.8) is 0 Å². The van der Waals surface area contributed by atoms with Crippen molar-refractivity contribution in [2.45, 2.75) is 81.9 Å². The Kier molecular flexibility index (Phi) is 11.7. The molecule has 3 aromatic rings. The molecule has 5 rings (SSSR count). The molecule has 5 N–H and O–H groups in total. The molecule has 1 saturated heterocycles. The summed E-state index contributed by atoms with van der Waals surface area (Å²) >= 11 is 13.3.